The predicted octanol–water partition coefficient (Wildman–Crippen LogP) is 4.19. The van der Waals surface area contributed by atoms with Crippen molar-refractivity contribution < 1.29 is 13.7 Å². The van der Waals surface area contributed by atoms with Crippen LogP contribution in [-0.2, 0) is 19.4 Å². The van der Waals surface area contributed by atoms with Gasteiger partial charge in [0.25, 0.3) is 5.91 Å². The fourth-order valence-corrected chi connectivity index (χ4v) is 3.58. The second kappa shape index (κ2) is 6.06. The number of rotatable bonds is 3. The van der Waals surface area contributed by atoms with Gasteiger partial charge in [0.15, 0.2) is 5.76 Å². The SMILES string of the molecule is Cc1ccc2c(C)c(C(=O)N(C)Cc3noc4c3CCCC4)oc2c1. The first-order chi connectivity index (χ1) is 12.0. The van der Waals surface area contributed by atoms with Crippen LogP contribution in [0.3, 0.4) is 0 Å². The number of furan rings is 1. The third-order valence-electron chi connectivity index (χ3n) is 5.05. The maximum Gasteiger partial charge on any atom is 0.289 e. The Morgan fingerprint density at radius 1 is 1.24 bits per heavy atom. The molecule has 0 bridgehead atoms. The Morgan fingerprint density at radius 2 is 2.04 bits per heavy atom. The molecule has 25 heavy (non-hydrogen) atoms. The van der Waals surface area contributed by atoms with Gasteiger partial charge in [-0.15, -0.1) is 0 Å². The normalized spacial score (nSPS) is 13.9. The van der Waals surface area contributed by atoms with Crippen LogP contribution in [0.1, 0.15) is 51.5 Å². The van der Waals surface area contributed by atoms with Gasteiger partial charge < -0.3 is 13.8 Å². The Balaban J connectivity index is 1.60. The van der Waals surface area contributed by atoms with Crippen molar-refractivity contribution >= 4 is 16.9 Å². The van der Waals surface area contributed by atoms with Crippen molar-refractivity contribution in [2.45, 2.75) is 46.1 Å². The number of nitrogens with zero attached hydrogens (tertiary/aromatic N) is 2. The molecule has 0 fully saturated rings. The van der Waals surface area contributed by atoms with Crippen molar-refractivity contribution in [1.29, 1.82) is 0 Å². The predicted molar refractivity (Wildman–Crippen MR) is 94.6 cm³/mol. The zero-order valence-corrected chi connectivity index (χ0v) is 14.9. The van der Waals surface area contributed by atoms with Crippen molar-refractivity contribution in [3.63, 3.8) is 0 Å². The monoisotopic (exact) mass is 338 g/mol. The highest BCUT2D eigenvalue weighted by Gasteiger charge is 2.25. The topological polar surface area (TPSA) is 59.5 Å². The third kappa shape index (κ3) is 2.73. The van der Waals surface area contributed by atoms with Gasteiger partial charge in [-0.1, -0.05) is 17.3 Å². The zero-order chi connectivity index (χ0) is 17.6. The molecule has 0 aliphatic heterocycles. The molecule has 1 aliphatic rings. The summed E-state index contributed by atoms with van der Waals surface area (Å²) in [6.45, 7) is 4.38. The first-order valence-corrected chi connectivity index (χ1v) is 8.76. The number of hydrogen-bond acceptors (Lipinski definition) is 4. The molecular weight excluding hydrogens is 316 g/mol. The summed E-state index contributed by atoms with van der Waals surface area (Å²) in [7, 11) is 1.78. The second-order valence-electron chi connectivity index (χ2n) is 6.96. The van der Waals surface area contributed by atoms with E-state index in [1.807, 2.05) is 32.0 Å². The van der Waals surface area contributed by atoms with Gasteiger partial charge in [0, 0.05) is 30.0 Å². The molecule has 0 radical (unpaired) electrons. The molecule has 5 nitrogen and oxygen atoms in total. The van der Waals surface area contributed by atoms with Crippen LogP contribution in [0.2, 0.25) is 0 Å². The van der Waals surface area contributed by atoms with E-state index in [1.165, 1.54) is 5.56 Å². The second-order valence-corrected chi connectivity index (χ2v) is 6.96. The van der Waals surface area contributed by atoms with Crippen LogP contribution in [0.5, 0.6) is 0 Å². The van der Waals surface area contributed by atoms with E-state index in [1.54, 1.807) is 11.9 Å². The molecule has 2 heterocycles. The smallest absolute Gasteiger partial charge is 0.289 e. The summed E-state index contributed by atoms with van der Waals surface area (Å²) in [5, 5.41) is 5.18. The average Bonchev–Trinajstić information content (AvgIpc) is 3.15. The molecule has 4 rings (SSSR count). The lowest BCUT2D eigenvalue weighted by Gasteiger charge is -2.16. The molecule has 0 saturated carbocycles. The number of amides is 1. The van der Waals surface area contributed by atoms with E-state index in [2.05, 4.69) is 5.16 Å². The van der Waals surface area contributed by atoms with Crippen LogP contribution in [0.25, 0.3) is 11.0 Å². The van der Waals surface area contributed by atoms with Crippen molar-refractivity contribution in [3.05, 3.63) is 52.1 Å². The quantitative estimate of drug-likeness (QED) is 0.718. The van der Waals surface area contributed by atoms with Gasteiger partial charge >= 0.3 is 0 Å². The first-order valence-electron chi connectivity index (χ1n) is 8.76. The fourth-order valence-electron chi connectivity index (χ4n) is 3.58. The van der Waals surface area contributed by atoms with Gasteiger partial charge in [-0.2, -0.15) is 0 Å². The lowest BCUT2D eigenvalue weighted by Crippen LogP contribution is -2.27. The van der Waals surface area contributed by atoms with E-state index in [9.17, 15) is 4.79 Å². The fraction of sp³-hybridized carbons (Fsp3) is 0.400. The Kier molecular flexibility index (Phi) is 3.86. The van der Waals surface area contributed by atoms with E-state index in [0.717, 1.165) is 59.2 Å². The number of aromatic nitrogens is 1. The van der Waals surface area contributed by atoms with Crippen molar-refractivity contribution in [1.82, 2.24) is 10.1 Å². The molecule has 0 atom stereocenters. The summed E-state index contributed by atoms with van der Waals surface area (Å²) in [5.41, 5.74) is 4.81. The Morgan fingerprint density at radius 3 is 2.88 bits per heavy atom. The number of aryl methyl sites for hydroxylation is 3. The molecule has 130 valence electrons. The standard InChI is InChI=1S/C20H22N2O3/c1-12-8-9-14-13(2)19(24-18(14)10-12)20(23)22(3)11-16-15-6-4-5-7-17(15)25-21-16/h8-10H,4-7,11H2,1-3H3. The van der Waals surface area contributed by atoms with Crippen LogP contribution in [0, 0.1) is 13.8 Å². The van der Waals surface area contributed by atoms with E-state index < -0.39 is 0 Å². The summed E-state index contributed by atoms with van der Waals surface area (Å²) >= 11 is 0. The van der Waals surface area contributed by atoms with Crippen LogP contribution < -0.4 is 0 Å². The number of fused-ring (bicyclic) bond motifs is 2. The molecule has 1 amide bonds. The van der Waals surface area contributed by atoms with Gasteiger partial charge in [-0.3, -0.25) is 4.79 Å². The molecule has 5 heteroatoms. The van der Waals surface area contributed by atoms with E-state index in [0.29, 0.717) is 12.3 Å². The van der Waals surface area contributed by atoms with E-state index in [4.69, 9.17) is 8.94 Å². The van der Waals surface area contributed by atoms with Crippen molar-refractivity contribution in [2.24, 2.45) is 0 Å². The minimum Gasteiger partial charge on any atom is -0.451 e. The van der Waals surface area contributed by atoms with Gasteiger partial charge in [-0.05, 0) is 44.7 Å². The van der Waals surface area contributed by atoms with E-state index >= 15 is 0 Å². The lowest BCUT2D eigenvalue weighted by atomic mass is 9.96. The molecule has 0 spiro atoms. The molecule has 2 aromatic heterocycles. The van der Waals surface area contributed by atoms with Gasteiger partial charge in [0.2, 0.25) is 0 Å². The van der Waals surface area contributed by atoms with Crippen molar-refractivity contribution in [3.8, 4) is 0 Å². The van der Waals surface area contributed by atoms with E-state index in [-0.39, 0.29) is 5.91 Å². The Labute approximate surface area is 146 Å². The van der Waals surface area contributed by atoms with Gasteiger partial charge in [0.1, 0.15) is 17.0 Å². The minimum absolute atomic E-state index is 0.126. The molecule has 0 N–H and O–H groups in total. The summed E-state index contributed by atoms with van der Waals surface area (Å²) in [6.07, 6.45) is 4.23. The Hall–Kier alpha value is -2.56. The highest BCUT2D eigenvalue weighted by Crippen LogP contribution is 2.28. The maximum atomic E-state index is 12.9. The van der Waals surface area contributed by atoms with Crippen LogP contribution in [0.4, 0.5) is 0 Å². The summed E-state index contributed by atoms with van der Waals surface area (Å²) in [5.74, 6) is 1.26. The number of hydrogen-bond donors (Lipinski definition) is 0. The number of benzene rings is 1. The van der Waals surface area contributed by atoms with Crippen LogP contribution in [0.15, 0.2) is 27.1 Å². The average molecular weight is 338 g/mol. The summed E-state index contributed by atoms with van der Waals surface area (Å²) in [4.78, 5) is 14.5. The van der Waals surface area contributed by atoms with Crippen LogP contribution >= 0.6 is 0 Å². The van der Waals surface area contributed by atoms with Gasteiger partial charge in [0.05, 0.1) is 6.54 Å². The number of carbonyl (C=O) groups excluding carboxylic acids is 1. The maximum absolute atomic E-state index is 12.9. The highest BCUT2D eigenvalue weighted by atomic mass is 16.5. The molecule has 3 aromatic rings. The van der Waals surface area contributed by atoms with Crippen LogP contribution in [-0.4, -0.2) is 23.0 Å². The lowest BCUT2D eigenvalue weighted by molar-refractivity contribution is 0.0751. The summed E-state index contributed by atoms with van der Waals surface area (Å²) < 4.78 is 11.3. The largest absolute Gasteiger partial charge is 0.451 e. The molecule has 1 aromatic carbocycles. The molecule has 0 saturated heterocycles. The first kappa shape index (κ1) is 15.9. The third-order valence-corrected chi connectivity index (χ3v) is 5.05. The summed E-state index contributed by atoms with van der Waals surface area (Å²) in [6, 6.07) is 6.01. The minimum atomic E-state index is -0.126. The molecule has 0 unspecified atom stereocenters. The van der Waals surface area contributed by atoms with Crippen molar-refractivity contribution in [2.75, 3.05) is 7.05 Å². The number of carbonyl (C=O) groups is 1. The Bertz CT molecular complexity index is 951. The molecular formula is C20H22N2O3. The zero-order valence-electron chi connectivity index (χ0n) is 14.9. The van der Waals surface area contributed by atoms with Gasteiger partial charge in [-0.25, -0.2) is 0 Å². The highest BCUT2D eigenvalue weighted by molar-refractivity contribution is 5.98. The molecule has 1 aliphatic carbocycles.